The van der Waals surface area contributed by atoms with Crippen molar-refractivity contribution in [3.05, 3.63) is 95.3 Å². The Kier molecular flexibility index (Phi) is 9.27. The lowest BCUT2D eigenvalue weighted by molar-refractivity contribution is -0.139. The number of aryl methyl sites for hydroxylation is 2. The number of hydrogen-bond acceptors (Lipinski definition) is 4. The van der Waals surface area contributed by atoms with Crippen molar-refractivity contribution >= 4 is 27.5 Å². The zero-order valence-electron chi connectivity index (χ0n) is 22.3. The number of benzene rings is 3. The fourth-order valence-electron chi connectivity index (χ4n) is 3.92. The van der Waals surface area contributed by atoms with E-state index in [0.717, 1.165) is 15.4 Å². The third-order valence-electron chi connectivity index (χ3n) is 6.04. The summed E-state index contributed by atoms with van der Waals surface area (Å²) >= 11 is 0. The lowest BCUT2D eigenvalue weighted by atomic mass is 10.1. The van der Waals surface area contributed by atoms with Gasteiger partial charge in [0.1, 0.15) is 18.4 Å². The number of sulfonamides is 1. The van der Waals surface area contributed by atoms with Gasteiger partial charge in [-0.1, -0.05) is 42.0 Å². The Morgan fingerprint density at radius 2 is 1.53 bits per heavy atom. The normalized spacial score (nSPS) is 12.2. The molecule has 0 saturated heterocycles. The van der Waals surface area contributed by atoms with E-state index in [1.165, 1.54) is 41.3 Å². The van der Waals surface area contributed by atoms with Gasteiger partial charge in [0, 0.05) is 12.6 Å². The predicted octanol–water partition coefficient (Wildman–Crippen LogP) is 4.58. The molecule has 3 aromatic rings. The maximum atomic E-state index is 13.8. The van der Waals surface area contributed by atoms with Gasteiger partial charge in [-0.25, -0.2) is 12.8 Å². The highest BCUT2D eigenvalue weighted by Gasteiger charge is 2.32. The maximum Gasteiger partial charge on any atom is 0.264 e. The van der Waals surface area contributed by atoms with Crippen LogP contribution in [0.3, 0.4) is 0 Å². The van der Waals surface area contributed by atoms with Crippen molar-refractivity contribution in [3.63, 3.8) is 0 Å². The molecule has 0 aliphatic rings. The smallest absolute Gasteiger partial charge is 0.264 e. The summed E-state index contributed by atoms with van der Waals surface area (Å²) in [7, 11) is -4.12. The van der Waals surface area contributed by atoms with E-state index in [1.54, 1.807) is 37.3 Å². The Labute approximate surface area is 224 Å². The van der Waals surface area contributed by atoms with Crippen molar-refractivity contribution in [1.29, 1.82) is 0 Å². The van der Waals surface area contributed by atoms with Crippen LogP contribution in [0.5, 0.6) is 0 Å². The molecular weight excluding hydrogens is 505 g/mol. The van der Waals surface area contributed by atoms with Gasteiger partial charge in [-0.05, 0) is 82.1 Å². The minimum absolute atomic E-state index is 0.00195. The lowest BCUT2D eigenvalue weighted by Gasteiger charge is -2.32. The molecule has 0 fully saturated rings. The number of carbonyl (C=O) groups excluding carboxylic acids is 2. The molecule has 0 aliphatic carbocycles. The van der Waals surface area contributed by atoms with Crippen molar-refractivity contribution < 1.29 is 22.4 Å². The summed E-state index contributed by atoms with van der Waals surface area (Å²) in [6.45, 7) is 8.37. The lowest BCUT2D eigenvalue weighted by Crippen LogP contribution is -2.52. The number of rotatable bonds is 10. The summed E-state index contributed by atoms with van der Waals surface area (Å²) < 4.78 is 42.2. The van der Waals surface area contributed by atoms with Crippen LogP contribution in [0.2, 0.25) is 0 Å². The van der Waals surface area contributed by atoms with Crippen LogP contribution in [0.25, 0.3) is 0 Å². The molecule has 1 N–H and O–H groups in total. The van der Waals surface area contributed by atoms with Gasteiger partial charge in [-0.2, -0.15) is 0 Å². The topological polar surface area (TPSA) is 86.8 Å². The van der Waals surface area contributed by atoms with Crippen LogP contribution in [-0.2, 0) is 26.2 Å². The van der Waals surface area contributed by atoms with Crippen LogP contribution < -0.4 is 9.62 Å². The van der Waals surface area contributed by atoms with E-state index in [4.69, 9.17) is 0 Å². The summed E-state index contributed by atoms with van der Waals surface area (Å²) in [4.78, 5) is 28.1. The Morgan fingerprint density at radius 3 is 2.11 bits per heavy atom. The summed E-state index contributed by atoms with van der Waals surface area (Å²) in [6, 6.07) is 17.8. The Hall–Kier alpha value is -3.72. The molecule has 0 aliphatic heterocycles. The Bertz CT molecular complexity index is 1370. The van der Waals surface area contributed by atoms with E-state index in [9.17, 15) is 22.4 Å². The van der Waals surface area contributed by atoms with Crippen molar-refractivity contribution in [3.8, 4) is 0 Å². The molecule has 38 heavy (non-hydrogen) atoms. The zero-order chi connectivity index (χ0) is 28.0. The summed E-state index contributed by atoms with van der Waals surface area (Å²) in [5.41, 5.74) is 2.66. The first-order valence-electron chi connectivity index (χ1n) is 12.4. The van der Waals surface area contributed by atoms with Crippen LogP contribution in [0.1, 0.15) is 37.5 Å². The van der Waals surface area contributed by atoms with Gasteiger partial charge in [0.25, 0.3) is 10.0 Å². The monoisotopic (exact) mass is 539 g/mol. The molecule has 0 saturated carbocycles. The summed E-state index contributed by atoms with van der Waals surface area (Å²) in [5.74, 6) is -1.37. The number of nitrogens with one attached hydrogen (secondary N) is 1. The van der Waals surface area contributed by atoms with Gasteiger partial charge in [0.15, 0.2) is 0 Å². The van der Waals surface area contributed by atoms with Crippen LogP contribution in [-0.4, -0.2) is 43.8 Å². The molecule has 0 unspecified atom stereocenters. The molecule has 1 atom stereocenters. The van der Waals surface area contributed by atoms with Crippen molar-refractivity contribution in [2.45, 2.75) is 58.1 Å². The van der Waals surface area contributed by atoms with Crippen LogP contribution in [0.4, 0.5) is 10.1 Å². The number of carbonyl (C=O) groups is 2. The maximum absolute atomic E-state index is 13.8. The van der Waals surface area contributed by atoms with Crippen molar-refractivity contribution in [2.24, 2.45) is 0 Å². The second kappa shape index (κ2) is 12.2. The first-order chi connectivity index (χ1) is 17.9. The first-order valence-corrected chi connectivity index (χ1v) is 13.8. The second-order valence-electron chi connectivity index (χ2n) is 9.65. The Balaban J connectivity index is 2.03. The van der Waals surface area contributed by atoms with E-state index >= 15 is 0 Å². The fraction of sp³-hybridized carbons (Fsp3) is 0.310. The fourth-order valence-corrected chi connectivity index (χ4v) is 5.33. The molecule has 0 radical (unpaired) electrons. The SMILES string of the molecule is Cc1ccc(S(=O)(=O)N(CC(=O)N(Cc2ccc(F)cc2)[C@H](C)C(=O)NC(C)C)c2cccc(C)c2)cc1. The van der Waals surface area contributed by atoms with Crippen LogP contribution >= 0.6 is 0 Å². The zero-order valence-corrected chi connectivity index (χ0v) is 23.1. The van der Waals surface area contributed by atoms with Crippen LogP contribution in [0.15, 0.2) is 77.7 Å². The second-order valence-corrected chi connectivity index (χ2v) is 11.5. The number of hydrogen-bond donors (Lipinski definition) is 1. The molecule has 0 spiro atoms. The van der Waals surface area contributed by atoms with Gasteiger partial charge in [0.2, 0.25) is 11.8 Å². The number of amides is 2. The standard InChI is InChI=1S/C29H34FN3O4S/c1-20(2)31-29(35)23(5)32(18-24-11-13-25(30)14-12-24)28(34)19-33(26-8-6-7-22(4)17-26)38(36,37)27-15-9-21(3)10-16-27/h6-17,20,23H,18-19H2,1-5H3,(H,31,35)/t23-/m1/s1. The predicted molar refractivity (Wildman–Crippen MR) is 147 cm³/mol. The molecule has 2 amide bonds. The average molecular weight is 540 g/mol. The van der Waals surface area contributed by atoms with Crippen LogP contribution in [0, 0.1) is 19.7 Å². The molecule has 3 aromatic carbocycles. The molecule has 9 heteroatoms. The van der Waals surface area contributed by atoms with E-state index < -0.39 is 34.3 Å². The van der Waals surface area contributed by atoms with Crippen molar-refractivity contribution in [1.82, 2.24) is 10.2 Å². The molecule has 202 valence electrons. The molecule has 0 aromatic heterocycles. The molecule has 0 bridgehead atoms. The number of nitrogens with zero attached hydrogens (tertiary/aromatic N) is 2. The highest BCUT2D eigenvalue weighted by molar-refractivity contribution is 7.92. The van der Waals surface area contributed by atoms with Gasteiger partial charge < -0.3 is 10.2 Å². The quantitative estimate of drug-likeness (QED) is 0.409. The minimum atomic E-state index is -4.12. The van der Waals surface area contributed by atoms with E-state index in [1.807, 2.05) is 33.8 Å². The molecule has 7 nitrogen and oxygen atoms in total. The van der Waals surface area contributed by atoms with Gasteiger partial charge in [-0.15, -0.1) is 0 Å². The summed E-state index contributed by atoms with van der Waals surface area (Å²) in [5, 5.41) is 2.80. The van der Waals surface area contributed by atoms with E-state index in [-0.39, 0.29) is 23.4 Å². The third kappa shape index (κ3) is 7.19. The number of halogens is 1. The highest BCUT2D eigenvalue weighted by atomic mass is 32.2. The average Bonchev–Trinajstić information content (AvgIpc) is 2.86. The summed E-state index contributed by atoms with van der Waals surface area (Å²) in [6.07, 6.45) is 0. The number of anilines is 1. The molecule has 0 heterocycles. The van der Waals surface area contributed by atoms with Gasteiger partial charge in [0.05, 0.1) is 10.6 Å². The highest BCUT2D eigenvalue weighted by Crippen LogP contribution is 2.25. The van der Waals surface area contributed by atoms with Crippen molar-refractivity contribution in [2.75, 3.05) is 10.8 Å². The minimum Gasteiger partial charge on any atom is -0.352 e. The third-order valence-corrected chi connectivity index (χ3v) is 7.83. The van der Waals surface area contributed by atoms with E-state index in [2.05, 4.69) is 5.32 Å². The molecule has 3 rings (SSSR count). The van der Waals surface area contributed by atoms with Gasteiger partial charge >= 0.3 is 0 Å². The first kappa shape index (κ1) is 28.8. The Morgan fingerprint density at radius 1 is 0.895 bits per heavy atom. The van der Waals surface area contributed by atoms with E-state index in [0.29, 0.717) is 11.3 Å². The van der Waals surface area contributed by atoms with Gasteiger partial charge in [-0.3, -0.25) is 13.9 Å². The molecular formula is C29H34FN3O4S. The largest absolute Gasteiger partial charge is 0.352 e.